The molecule has 0 nitrogen and oxygen atoms in total. The Bertz CT molecular complexity index is 131. The molecule has 0 aliphatic rings. The Kier molecular flexibility index (Phi) is 12.0. The van der Waals surface area contributed by atoms with Gasteiger partial charge in [-0.15, -0.1) is 11.6 Å². The topological polar surface area (TPSA) is 0 Å². The summed E-state index contributed by atoms with van der Waals surface area (Å²) in [5.41, 5.74) is 0. The van der Waals surface area contributed by atoms with Gasteiger partial charge in [0.1, 0.15) is 0 Å². The molecule has 0 aromatic heterocycles. The summed E-state index contributed by atoms with van der Waals surface area (Å²) in [6, 6.07) is 0. The van der Waals surface area contributed by atoms with Gasteiger partial charge >= 0.3 is 0 Å². The van der Waals surface area contributed by atoms with E-state index in [9.17, 15) is 0 Å². The average molecular weight is 247 g/mol. The molecule has 0 spiro atoms. The van der Waals surface area contributed by atoms with E-state index in [0.717, 1.165) is 5.92 Å². The van der Waals surface area contributed by atoms with E-state index in [1.165, 1.54) is 64.2 Å². The van der Waals surface area contributed by atoms with Crippen molar-refractivity contribution in [3.8, 4) is 0 Å². The highest BCUT2D eigenvalue weighted by atomic mass is 35.5. The lowest BCUT2D eigenvalue weighted by Gasteiger charge is -2.16. The minimum absolute atomic E-state index is 0.356. The maximum Gasteiger partial charge on any atom is 0.0335 e. The molecule has 0 aromatic carbocycles. The number of hydrogen-bond acceptors (Lipinski definition) is 0. The summed E-state index contributed by atoms with van der Waals surface area (Å²) >= 11 is 6.14. The third kappa shape index (κ3) is 9.51. The van der Waals surface area contributed by atoms with Gasteiger partial charge in [-0.3, -0.25) is 0 Å². The van der Waals surface area contributed by atoms with Gasteiger partial charge in [-0.05, 0) is 19.3 Å². The second-order valence-corrected chi connectivity index (χ2v) is 5.80. The SMILES string of the molecule is CCCCCCCCCCC(CC)C(C)Cl. The molecule has 2 unspecified atom stereocenters. The van der Waals surface area contributed by atoms with Gasteiger partial charge in [-0.2, -0.15) is 0 Å². The number of hydrogen-bond donors (Lipinski definition) is 0. The number of rotatable bonds is 11. The molecule has 0 fully saturated rings. The maximum atomic E-state index is 6.14. The van der Waals surface area contributed by atoms with Crippen LogP contribution < -0.4 is 0 Å². The van der Waals surface area contributed by atoms with Crippen LogP contribution in [0, 0.1) is 5.92 Å². The summed E-state index contributed by atoms with van der Waals surface area (Å²) in [6.45, 7) is 6.67. The van der Waals surface area contributed by atoms with Crippen LogP contribution in [0.5, 0.6) is 0 Å². The van der Waals surface area contributed by atoms with Gasteiger partial charge in [0.25, 0.3) is 0 Å². The molecule has 98 valence electrons. The van der Waals surface area contributed by atoms with Crippen LogP contribution in [0.2, 0.25) is 0 Å². The van der Waals surface area contributed by atoms with Crippen LogP contribution in [-0.4, -0.2) is 5.38 Å². The molecule has 0 saturated carbocycles. The first-order valence-electron chi connectivity index (χ1n) is 7.36. The Labute approximate surface area is 108 Å². The van der Waals surface area contributed by atoms with Crippen LogP contribution in [0.1, 0.15) is 85.0 Å². The van der Waals surface area contributed by atoms with Gasteiger partial charge < -0.3 is 0 Å². The highest BCUT2D eigenvalue weighted by molar-refractivity contribution is 6.20. The summed E-state index contributed by atoms with van der Waals surface area (Å²) in [5, 5.41) is 0.356. The zero-order valence-electron chi connectivity index (χ0n) is 11.6. The Balaban J connectivity index is 3.19. The van der Waals surface area contributed by atoms with Crippen molar-refractivity contribution in [1.82, 2.24) is 0 Å². The summed E-state index contributed by atoms with van der Waals surface area (Å²) in [7, 11) is 0. The molecule has 0 saturated heterocycles. The Morgan fingerprint density at radius 3 is 1.75 bits per heavy atom. The smallest absolute Gasteiger partial charge is 0.0335 e. The molecule has 0 aliphatic heterocycles. The summed E-state index contributed by atoms with van der Waals surface area (Å²) in [5.74, 6) is 0.738. The molecule has 0 N–H and O–H groups in total. The number of halogens is 1. The zero-order chi connectivity index (χ0) is 12.2. The van der Waals surface area contributed by atoms with E-state index in [-0.39, 0.29) is 0 Å². The maximum absolute atomic E-state index is 6.14. The molecule has 1 heteroatoms. The van der Waals surface area contributed by atoms with E-state index in [1.807, 2.05) is 0 Å². The fourth-order valence-corrected chi connectivity index (χ4v) is 2.60. The molecule has 0 rings (SSSR count). The van der Waals surface area contributed by atoms with Crippen molar-refractivity contribution >= 4 is 11.6 Å². The van der Waals surface area contributed by atoms with Gasteiger partial charge in [0.15, 0.2) is 0 Å². The fraction of sp³-hybridized carbons (Fsp3) is 1.00. The number of unbranched alkanes of at least 4 members (excludes halogenated alkanes) is 7. The van der Waals surface area contributed by atoms with E-state index >= 15 is 0 Å². The highest BCUT2D eigenvalue weighted by Crippen LogP contribution is 2.21. The van der Waals surface area contributed by atoms with Crippen LogP contribution in [0.3, 0.4) is 0 Å². The number of alkyl halides is 1. The van der Waals surface area contributed by atoms with Crippen molar-refractivity contribution < 1.29 is 0 Å². The van der Waals surface area contributed by atoms with Crippen molar-refractivity contribution in [3.63, 3.8) is 0 Å². The van der Waals surface area contributed by atoms with E-state index in [1.54, 1.807) is 0 Å². The van der Waals surface area contributed by atoms with Crippen molar-refractivity contribution in [2.75, 3.05) is 0 Å². The van der Waals surface area contributed by atoms with E-state index < -0.39 is 0 Å². The minimum Gasteiger partial charge on any atom is -0.123 e. The van der Waals surface area contributed by atoms with Crippen LogP contribution in [0.25, 0.3) is 0 Å². The lowest BCUT2D eigenvalue weighted by atomic mass is 9.95. The predicted octanol–water partition coefficient (Wildman–Crippen LogP) is 6.17. The summed E-state index contributed by atoms with van der Waals surface area (Å²) in [4.78, 5) is 0. The van der Waals surface area contributed by atoms with Crippen LogP contribution >= 0.6 is 11.6 Å². The monoisotopic (exact) mass is 246 g/mol. The van der Waals surface area contributed by atoms with Gasteiger partial charge in [-0.1, -0.05) is 71.6 Å². The lowest BCUT2D eigenvalue weighted by Crippen LogP contribution is -2.09. The molecule has 2 atom stereocenters. The van der Waals surface area contributed by atoms with E-state index in [2.05, 4.69) is 20.8 Å². The van der Waals surface area contributed by atoms with Gasteiger partial charge in [0, 0.05) is 5.38 Å². The highest BCUT2D eigenvalue weighted by Gasteiger charge is 2.11. The molecule has 0 bridgehead atoms. The molecule has 0 amide bonds. The minimum atomic E-state index is 0.356. The second kappa shape index (κ2) is 11.8. The second-order valence-electron chi connectivity index (χ2n) is 5.11. The van der Waals surface area contributed by atoms with Gasteiger partial charge in [0.05, 0.1) is 0 Å². The van der Waals surface area contributed by atoms with Crippen LogP contribution in [-0.2, 0) is 0 Å². The zero-order valence-corrected chi connectivity index (χ0v) is 12.4. The van der Waals surface area contributed by atoms with Crippen molar-refractivity contribution in [3.05, 3.63) is 0 Å². The molecule has 0 aromatic rings. The van der Waals surface area contributed by atoms with E-state index in [4.69, 9.17) is 11.6 Å². The van der Waals surface area contributed by atoms with Gasteiger partial charge in [-0.25, -0.2) is 0 Å². The molecule has 0 heterocycles. The fourth-order valence-electron chi connectivity index (χ4n) is 2.30. The first kappa shape index (κ1) is 16.3. The van der Waals surface area contributed by atoms with Crippen LogP contribution in [0.15, 0.2) is 0 Å². The van der Waals surface area contributed by atoms with Gasteiger partial charge in [0.2, 0.25) is 0 Å². The van der Waals surface area contributed by atoms with Crippen molar-refractivity contribution in [1.29, 1.82) is 0 Å². The quantitative estimate of drug-likeness (QED) is 0.302. The van der Waals surface area contributed by atoms with E-state index in [0.29, 0.717) is 5.38 Å². The molecule has 0 aliphatic carbocycles. The molecular weight excluding hydrogens is 216 g/mol. The lowest BCUT2D eigenvalue weighted by molar-refractivity contribution is 0.431. The Morgan fingerprint density at radius 2 is 1.31 bits per heavy atom. The van der Waals surface area contributed by atoms with Crippen molar-refractivity contribution in [2.24, 2.45) is 5.92 Å². The van der Waals surface area contributed by atoms with Crippen LogP contribution in [0.4, 0.5) is 0 Å². The Morgan fingerprint density at radius 1 is 0.812 bits per heavy atom. The average Bonchev–Trinajstić information content (AvgIpc) is 2.26. The first-order valence-corrected chi connectivity index (χ1v) is 7.80. The standard InChI is InChI=1S/C15H31Cl/c1-4-6-7-8-9-10-11-12-13-15(5-2)14(3)16/h14-15H,4-13H2,1-3H3. The molecular formula is C15H31Cl. The third-order valence-corrected chi connectivity index (χ3v) is 3.96. The van der Waals surface area contributed by atoms with Crippen molar-refractivity contribution in [2.45, 2.75) is 90.4 Å². The molecule has 0 radical (unpaired) electrons. The third-order valence-electron chi connectivity index (χ3n) is 3.60. The summed E-state index contributed by atoms with van der Waals surface area (Å²) in [6.07, 6.45) is 13.9. The largest absolute Gasteiger partial charge is 0.123 e. The predicted molar refractivity (Wildman–Crippen MR) is 76.3 cm³/mol. The first-order chi connectivity index (χ1) is 7.72. The normalized spacial score (nSPS) is 15.0. The Hall–Kier alpha value is 0.290. The molecule has 16 heavy (non-hydrogen) atoms. The summed E-state index contributed by atoms with van der Waals surface area (Å²) < 4.78 is 0.